The highest BCUT2D eigenvalue weighted by molar-refractivity contribution is 14.1. The number of rotatable bonds is 2. The van der Waals surface area contributed by atoms with Crippen LogP contribution in [0.2, 0.25) is 0 Å². The molecule has 0 spiro atoms. The summed E-state index contributed by atoms with van der Waals surface area (Å²) in [5, 5.41) is 11.8. The van der Waals surface area contributed by atoms with Crippen LogP contribution >= 0.6 is 54.5 Å². The largest absolute Gasteiger partial charge is 0.321 e. The number of halogens is 3. The first kappa shape index (κ1) is 15.5. The van der Waals surface area contributed by atoms with E-state index >= 15 is 0 Å². The molecule has 1 amide bonds. The summed E-state index contributed by atoms with van der Waals surface area (Å²) >= 11 is 8.83. The van der Waals surface area contributed by atoms with Gasteiger partial charge >= 0.3 is 0 Å². The van der Waals surface area contributed by atoms with Gasteiger partial charge in [0.1, 0.15) is 6.07 Å². The highest BCUT2D eigenvalue weighted by Gasteiger charge is 2.13. The second-order valence-electron chi connectivity index (χ2n) is 3.88. The number of nitrogens with one attached hydrogen (secondary N) is 1. The van der Waals surface area contributed by atoms with Gasteiger partial charge in [0.15, 0.2) is 0 Å². The number of carbonyl (C=O) groups excluding carboxylic acids is 1. The maximum atomic E-state index is 12.3. The molecule has 3 nitrogen and oxygen atoms in total. The van der Waals surface area contributed by atoms with Gasteiger partial charge in [0.25, 0.3) is 5.91 Å². The molecular formula is C14H7Br2IN2O. The zero-order valence-corrected chi connectivity index (χ0v) is 15.3. The molecule has 0 aliphatic heterocycles. The Balaban J connectivity index is 2.35. The molecule has 0 heterocycles. The predicted molar refractivity (Wildman–Crippen MR) is 93.7 cm³/mol. The van der Waals surface area contributed by atoms with Gasteiger partial charge in [-0.1, -0.05) is 15.9 Å². The van der Waals surface area contributed by atoms with Gasteiger partial charge in [-0.15, -0.1) is 0 Å². The number of amides is 1. The van der Waals surface area contributed by atoms with Crippen molar-refractivity contribution in [3.05, 3.63) is 60.0 Å². The van der Waals surface area contributed by atoms with Crippen LogP contribution in [0.4, 0.5) is 5.69 Å². The molecule has 0 bridgehead atoms. The summed E-state index contributed by atoms with van der Waals surface area (Å²) in [5.74, 6) is -0.259. The molecule has 0 radical (unpaired) electrons. The number of benzene rings is 2. The second kappa shape index (κ2) is 6.70. The Morgan fingerprint density at radius 3 is 2.65 bits per heavy atom. The lowest BCUT2D eigenvalue weighted by molar-refractivity contribution is 0.102. The van der Waals surface area contributed by atoms with Crippen molar-refractivity contribution >= 4 is 66.0 Å². The van der Waals surface area contributed by atoms with Gasteiger partial charge in [-0.25, -0.2) is 0 Å². The van der Waals surface area contributed by atoms with E-state index in [-0.39, 0.29) is 5.91 Å². The Hall–Kier alpha value is -0.910. The first-order valence-corrected chi connectivity index (χ1v) is 8.14. The van der Waals surface area contributed by atoms with E-state index < -0.39 is 0 Å². The lowest BCUT2D eigenvalue weighted by Gasteiger charge is -2.09. The third-order valence-corrected chi connectivity index (χ3v) is 4.38. The Morgan fingerprint density at radius 1 is 1.20 bits per heavy atom. The fourth-order valence-corrected chi connectivity index (χ4v) is 2.86. The minimum absolute atomic E-state index is 0.259. The van der Waals surface area contributed by atoms with Gasteiger partial charge in [-0.2, -0.15) is 5.26 Å². The molecule has 0 saturated carbocycles. The summed E-state index contributed by atoms with van der Waals surface area (Å²) in [6.07, 6.45) is 0. The highest BCUT2D eigenvalue weighted by Crippen LogP contribution is 2.24. The second-order valence-corrected chi connectivity index (χ2v) is 6.90. The lowest BCUT2D eigenvalue weighted by Crippen LogP contribution is -2.13. The molecule has 0 aromatic heterocycles. The summed E-state index contributed by atoms with van der Waals surface area (Å²) in [4.78, 5) is 12.3. The van der Waals surface area contributed by atoms with E-state index in [2.05, 4.69) is 65.8 Å². The molecule has 1 N–H and O–H groups in total. The first-order chi connectivity index (χ1) is 9.51. The van der Waals surface area contributed by atoms with Crippen molar-refractivity contribution in [2.75, 3.05) is 5.32 Å². The number of anilines is 1. The molecule has 0 fully saturated rings. The summed E-state index contributed by atoms with van der Waals surface area (Å²) < 4.78 is 2.48. The number of nitriles is 1. The molecule has 6 heteroatoms. The van der Waals surface area contributed by atoms with E-state index in [1.807, 2.05) is 12.1 Å². The molecular weight excluding hydrogens is 499 g/mol. The van der Waals surface area contributed by atoms with E-state index in [0.29, 0.717) is 21.3 Å². The quantitative estimate of drug-likeness (QED) is 0.588. The van der Waals surface area contributed by atoms with Gasteiger partial charge in [-0.05, 0) is 74.9 Å². The van der Waals surface area contributed by atoms with Crippen LogP contribution in [0, 0.1) is 14.9 Å². The van der Waals surface area contributed by atoms with Crippen molar-refractivity contribution in [3.63, 3.8) is 0 Å². The van der Waals surface area contributed by atoms with E-state index in [9.17, 15) is 4.79 Å². The maximum absolute atomic E-state index is 12.3. The van der Waals surface area contributed by atoms with Crippen LogP contribution in [-0.2, 0) is 0 Å². The first-order valence-electron chi connectivity index (χ1n) is 5.47. The Bertz CT molecular complexity index is 726. The Labute approximate surface area is 146 Å². The topological polar surface area (TPSA) is 52.9 Å². The van der Waals surface area contributed by atoms with E-state index in [1.165, 1.54) is 0 Å². The molecule has 2 aromatic carbocycles. The zero-order chi connectivity index (χ0) is 14.7. The molecule has 2 rings (SSSR count). The summed E-state index contributed by atoms with van der Waals surface area (Å²) in [7, 11) is 0. The molecule has 0 unspecified atom stereocenters. The van der Waals surface area contributed by atoms with Crippen LogP contribution in [-0.4, -0.2) is 5.91 Å². The standard InChI is InChI=1S/C14H7Br2IN2O/c15-9-2-1-8(7-18)13(5-9)19-14(20)11-6-10(17)3-4-12(11)16/h1-6H,(H,19,20). The average Bonchev–Trinajstić information content (AvgIpc) is 2.41. The minimum atomic E-state index is -0.259. The Kier molecular flexibility index (Phi) is 5.18. The zero-order valence-electron chi connectivity index (χ0n) is 9.95. The smallest absolute Gasteiger partial charge is 0.256 e. The van der Waals surface area contributed by atoms with Crippen molar-refractivity contribution in [1.29, 1.82) is 5.26 Å². The fourth-order valence-electron chi connectivity index (χ4n) is 1.58. The number of nitrogens with zero attached hydrogens (tertiary/aromatic N) is 1. The molecule has 0 saturated heterocycles. The van der Waals surface area contributed by atoms with Gasteiger partial charge < -0.3 is 5.32 Å². The van der Waals surface area contributed by atoms with Crippen LogP contribution in [0.1, 0.15) is 15.9 Å². The van der Waals surface area contributed by atoms with Crippen molar-refractivity contribution in [3.8, 4) is 6.07 Å². The number of hydrogen-bond donors (Lipinski definition) is 1. The summed E-state index contributed by atoms with van der Waals surface area (Å²) in [6, 6.07) is 12.7. The predicted octanol–water partition coefficient (Wildman–Crippen LogP) is 4.94. The number of hydrogen-bond acceptors (Lipinski definition) is 2. The Morgan fingerprint density at radius 2 is 1.95 bits per heavy atom. The van der Waals surface area contributed by atoms with Crippen LogP contribution in [0.15, 0.2) is 45.3 Å². The van der Waals surface area contributed by atoms with Crippen LogP contribution in [0.25, 0.3) is 0 Å². The van der Waals surface area contributed by atoms with Gasteiger partial charge in [0, 0.05) is 12.5 Å². The van der Waals surface area contributed by atoms with Gasteiger partial charge in [-0.3, -0.25) is 4.79 Å². The molecule has 2 aromatic rings. The van der Waals surface area contributed by atoms with Crippen LogP contribution in [0.3, 0.4) is 0 Å². The van der Waals surface area contributed by atoms with Crippen molar-refractivity contribution in [2.45, 2.75) is 0 Å². The van der Waals surface area contributed by atoms with E-state index in [1.54, 1.807) is 24.3 Å². The summed E-state index contributed by atoms with van der Waals surface area (Å²) in [5.41, 5.74) is 1.43. The molecule has 0 aliphatic rings. The number of carbonyl (C=O) groups is 1. The van der Waals surface area contributed by atoms with Crippen molar-refractivity contribution in [2.24, 2.45) is 0 Å². The fraction of sp³-hybridized carbons (Fsp3) is 0. The minimum Gasteiger partial charge on any atom is -0.321 e. The lowest BCUT2D eigenvalue weighted by atomic mass is 10.1. The normalized spacial score (nSPS) is 9.90. The molecule has 20 heavy (non-hydrogen) atoms. The van der Waals surface area contributed by atoms with E-state index in [4.69, 9.17) is 5.26 Å². The summed E-state index contributed by atoms with van der Waals surface area (Å²) in [6.45, 7) is 0. The maximum Gasteiger partial charge on any atom is 0.256 e. The third kappa shape index (κ3) is 3.59. The average molecular weight is 506 g/mol. The third-order valence-electron chi connectivity index (χ3n) is 2.52. The van der Waals surface area contributed by atoms with Gasteiger partial charge in [0.2, 0.25) is 0 Å². The van der Waals surface area contributed by atoms with Crippen molar-refractivity contribution < 1.29 is 4.79 Å². The monoisotopic (exact) mass is 504 g/mol. The molecule has 0 aliphatic carbocycles. The molecule has 100 valence electrons. The van der Waals surface area contributed by atoms with Crippen molar-refractivity contribution in [1.82, 2.24) is 0 Å². The van der Waals surface area contributed by atoms with Gasteiger partial charge in [0.05, 0.1) is 16.8 Å². The molecule has 0 atom stereocenters. The van der Waals surface area contributed by atoms with Crippen LogP contribution < -0.4 is 5.32 Å². The van der Waals surface area contributed by atoms with E-state index in [0.717, 1.165) is 8.04 Å². The highest BCUT2D eigenvalue weighted by atomic mass is 127. The van der Waals surface area contributed by atoms with Crippen LogP contribution in [0.5, 0.6) is 0 Å². The SMILES string of the molecule is N#Cc1ccc(Br)cc1NC(=O)c1cc(I)ccc1Br.